The summed E-state index contributed by atoms with van der Waals surface area (Å²) in [4.78, 5) is 30.3. The Hall–Kier alpha value is -3.63. The number of nitrogen functional groups attached to an aromatic ring is 1. The number of rotatable bonds is 5. The molecule has 192 valence electrons. The maximum Gasteiger partial charge on any atom is 0.416 e. The highest BCUT2D eigenvalue weighted by Crippen LogP contribution is 2.37. The molecule has 0 unspecified atom stereocenters. The highest BCUT2D eigenvalue weighted by Gasteiger charge is 2.37. The van der Waals surface area contributed by atoms with E-state index in [1.54, 1.807) is 34.0 Å². The number of fused-ring (bicyclic) bond motifs is 1. The molecule has 8 nitrogen and oxygen atoms in total. The van der Waals surface area contributed by atoms with Crippen molar-refractivity contribution < 1.29 is 18.0 Å². The lowest BCUT2D eigenvalue weighted by molar-refractivity contribution is -0.137. The number of anilines is 3. The number of carbonyl (C=O) groups excluding carboxylic acids is 1. The number of nitrogens with zero attached hydrogens (tertiary/aromatic N) is 5. The average molecular weight is 502 g/mol. The quantitative estimate of drug-likeness (QED) is 0.491. The van der Waals surface area contributed by atoms with Gasteiger partial charge in [0.1, 0.15) is 17.5 Å². The van der Waals surface area contributed by atoms with Crippen molar-refractivity contribution in [1.29, 1.82) is 0 Å². The molecule has 1 aliphatic heterocycles. The summed E-state index contributed by atoms with van der Waals surface area (Å²) in [5, 5.41) is 3.68. The predicted octanol–water partition coefficient (Wildman–Crippen LogP) is 4.66. The highest BCUT2D eigenvalue weighted by molar-refractivity contribution is 6.03. The Bertz CT molecular complexity index is 1330. The van der Waals surface area contributed by atoms with Crippen LogP contribution in [0.25, 0.3) is 11.0 Å². The molecule has 1 saturated heterocycles. The molecular formula is C25H30F3N7O. The van der Waals surface area contributed by atoms with Gasteiger partial charge < -0.3 is 20.9 Å². The van der Waals surface area contributed by atoms with E-state index in [1.807, 2.05) is 0 Å². The van der Waals surface area contributed by atoms with Crippen LogP contribution in [0.15, 0.2) is 24.3 Å². The number of alkyl halides is 3. The van der Waals surface area contributed by atoms with Crippen molar-refractivity contribution in [2.45, 2.75) is 39.9 Å². The molecule has 1 aliphatic rings. The summed E-state index contributed by atoms with van der Waals surface area (Å²) < 4.78 is 40.0. The van der Waals surface area contributed by atoms with Crippen molar-refractivity contribution in [3.63, 3.8) is 0 Å². The average Bonchev–Trinajstić information content (AvgIpc) is 2.74. The zero-order valence-corrected chi connectivity index (χ0v) is 21.2. The second-order valence-electron chi connectivity index (χ2n) is 10.3. The third-order valence-corrected chi connectivity index (χ3v) is 6.11. The molecule has 0 saturated carbocycles. The van der Waals surface area contributed by atoms with Crippen LogP contribution in [0, 0.1) is 12.3 Å². The normalized spacial score (nSPS) is 16.0. The Morgan fingerprint density at radius 3 is 2.39 bits per heavy atom. The first-order valence-corrected chi connectivity index (χ1v) is 11.5. The summed E-state index contributed by atoms with van der Waals surface area (Å²) in [6.07, 6.45) is -4.52. The van der Waals surface area contributed by atoms with Crippen molar-refractivity contribution in [3.05, 3.63) is 46.8 Å². The van der Waals surface area contributed by atoms with Gasteiger partial charge in [0.25, 0.3) is 5.91 Å². The standard InChI is InChI=1S/C25H30F3N7O/c1-13(15-7-16(25(26,27)28)9-17(29)8-15)30-20-18-10-19(23(36)34(5)6)22(35-11-24(3,4)12-35)33-21(18)32-14(2)31-20/h7-10,13H,11-12,29H2,1-6H3,(H,30,31,32,33)/t13-/m1/s1. The van der Waals surface area contributed by atoms with Gasteiger partial charge >= 0.3 is 6.18 Å². The van der Waals surface area contributed by atoms with Gasteiger partial charge in [-0.15, -0.1) is 0 Å². The number of hydrogen-bond donors (Lipinski definition) is 2. The number of aromatic nitrogens is 3. The summed E-state index contributed by atoms with van der Waals surface area (Å²) in [5.74, 6) is 1.16. The molecule has 2 aromatic heterocycles. The molecule has 0 radical (unpaired) electrons. The molecule has 0 spiro atoms. The zero-order chi connectivity index (χ0) is 26.6. The summed E-state index contributed by atoms with van der Waals surface area (Å²) in [7, 11) is 3.34. The van der Waals surface area contributed by atoms with Gasteiger partial charge in [0.05, 0.1) is 22.6 Å². The molecule has 3 N–H and O–H groups in total. The van der Waals surface area contributed by atoms with Crippen molar-refractivity contribution in [1.82, 2.24) is 19.9 Å². The molecule has 36 heavy (non-hydrogen) atoms. The summed E-state index contributed by atoms with van der Waals surface area (Å²) >= 11 is 0. The van der Waals surface area contributed by atoms with Gasteiger partial charge in [-0.05, 0) is 49.1 Å². The van der Waals surface area contributed by atoms with Crippen LogP contribution in [0.5, 0.6) is 0 Å². The van der Waals surface area contributed by atoms with Crippen LogP contribution < -0.4 is 16.0 Å². The van der Waals surface area contributed by atoms with Gasteiger partial charge in [0.15, 0.2) is 5.65 Å². The summed E-state index contributed by atoms with van der Waals surface area (Å²) in [5.41, 5.74) is 6.23. The fourth-order valence-electron chi connectivity index (χ4n) is 4.42. The number of carbonyl (C=O) groups is 1. The Balaban J connectivity index is 1.79. The second kappa shape index (κ2) is 8.79. The topological polar surface area (TPSA) is 100 Å². The van der Waals surface area contributed by atoms with Crippen LogP contribution in [-0.2, 0) is 6.18 Å². The van der Waals surface area contributed by atoms with Crippen LogP contribution in [0.3, 0.4) is 0 Å². The number of halogens is 3. The van der Waals surface area contributed by atoms with Gasteiger partial charge in [-0.25, -0.2) is 15.0 Å². The van der Waals surface area contributed by atoms with Crippen molar-refractivity contribution in [2.75, 3.05) is 43.1 Å². The lowest BCUT2D eigenvalue weighted by Crippen LogP contribution is -2.54. The lowest BCUT2D eigenvalue weighted by Gasteiger charge is -2.47. The molecule has 3 aromatic rings. The maximum absolute atomic E-state index is 13.3. The van der Waals surface area contributed by atoms with E-state index in [-0.39, 0.29) is 17.0 Å². The molecule has 1 amide bonds. The number of amides is 1. The first-order chi connectivity index (χ1) is 16.6. The highest BCUT2D eigenvalue weighted by atomic mass is 19.4. The summed E-state index contributed by atoms with van der Waals surface area (Å²) in [6.45, 7) is 9.23. The number of pyridine rings is 1. The molecule has 0 bridgehead atoms. The Labute approximate surface area is 207 Å². The first-order valence-electron chi connectivity index (χ1n) is 11.5. The monoisotopic (exact) mass is 501 g/mol. The van der Waals surface area contributed by atoms with E-state index in [4.69, 9.17) is 10.7 Å². The molecule has 1 atom stereocenters. The number of aryl methyl sites for hydroxylation is 1. The van der Waals surface area contributed by atoms with Crippen LogP contribution >= 0.6 is 0 Å². The largest absolute Gasteiger partial charge is 0.416 e. The van der Waals surface area contributed by atoms with Gasteiger partial charge in [0.2, 0.25) is 0 Å². The van der Waals surface area contributed by atoms with E-state index in [0.29, 0.717) is 39.6 Å². The van der Waals surface area contributed by atoms with E-state index < -0.39 is 17.8 Å². The van der Waals surface area contributed by atoms with Crippen molar-refractivity contribution >= 4 is 34.3 Å². The third kappa shape index (κ3) is 5.00. The van der Waals surface area contributed by atoms with Crippen molar-refractivity contribution in [3.8, 4) is 0 Å². The first kappa shape index (κ1) is 25.5. The number of hydrogen-bond acceptors (Lipinski definition) is 7. The fourth-order valence-corrected chi connectivity index (χ4v) is 4.42. The Kier molecular flexibility index (Phi) is 6.22. The van der Waals surface area contributed by atoms with Crippen LogP contribution in [0.2, 0.25) is 0 Å². The van der Waals surface area contributed by atoms with Gasteiger partial charge in [-0.2, -0.15) is 13.2 Å². The van der Waals surface area contributed by atoms with E-state index in [0.717, 1.165) is 25.2 Å². The maximum atomic E-state index is 13.3. The number of nitrogens with one attached hydrogen (secondary N) is 1. The van der Waals surface area contributed by atoms with Gasteiger partial charge in [-0.1, -0.05) is 13.8 Å². The minimum absolute atomic E-state index is 0.0137. The fraction of sp³-hybridized carbons (Fsp3) is 0.440. The van der Waals surface area contributed by atoms with E-state index in [2.05, 4.69) is 34.0 Å². The molecule has 3 heterocycles. The number of benzene rings is 1. The molecule has 11 heteroatoms. The van der Waals surface area contributed by atoms with E-state index >= 15 is 0 Å². The summed E-state index contributed by atoms with van der Waals surface area (Å²) in [6, 6.07) is 4.60. The van der Waals surface area contributed by atoms with Crippen molar-refractivity contribution in [2.24, 2.45) is 5.41 Å². The molecule has 1 fully saturated rings. The van der Waals surface area contributed by atoms with E-state index in [9.17, 15) is 18.0 Å². The number of nitrogens with two attached hydrogens (primary N) is 1. The second-order valence-corrected chi connectivity index (χ2v) is 10.3. The van der Waals surface area contributed by atoms with E-state index in [1.165, 1.54) is 11.0 Å². The molecule has 4 rings (SSSR count). The zero-order valence-electron chi connectivity index (χ0n) is 21.2. The smallest absolute Gasteiger partial charge is 0.399 e. The molecular weight excluding hydrogens is 471 g/mol. The predicted molar refractivity (Wildman–Crippen MR) is 134 cm³/mol. The minimum Gasteiger partial charge on any atom is -0.399 e. The van der Waals surface area contributed by atoms with Crippen LogP contribution in [-0.4, -0.2) is 52.9 Å². The lowest BCUT2D eigenvalue weighted by atomic mass is 9.84. The van der Waals surface area contributed by atoms with Gasteiger partial charge in [0, 0.05) is 32.9 Å². The minimum atomic E-state index is -4.52. The van der Waals surface area contributed by atoms with Gasteiger partial charge in [-0.3, -0.25) is 4.79 Å². The Morgan fingerprint density at radius 1 is 1.14 bits per heavy atom. The third-order valence-electron chi connectivity index (χ3n) is 6.11. The van der Waals surface area contributed by atoms with Crippen LogP contribution in [0.1, 0.15) is 54.1 Å². The van der Waals surface area contributed by atoms with Crippen LogP contribution in [0.4, 0.5) is 30.5 Å². The molecule has 0 aliphatic carbocycles. The SMILES string of the molecule is Cc1nc(N[C@H](C)c2cc(N)cc(C(F)(F)F)c2)c2cc(C(=O)N(C)C)c(N3CC(C)(C)C3)nc2n1. The molecule has 1 aromatic carbocycles. The Morgan fingerprint density at radius 2 is 1.81 bits per heavy atom.